The van der Waals surface area contributed by atoms with E-state index in [0.29, 0.717) is 0 Å². The summed E-state index contributed by atoms with van der Waals surface area (Å²) in [7, 11) is 0. The zero-order valence-corrected chi connectivity index (χ0v) is 29.4. The molecule has 0 radical (unpaired) electrons. The van der Waals surface area contributed by atoms with Crippen molar-refractivity contribution in [1.29, 1.82) is 0 Å². The molecule has 0 saturated carbocycles. The van der Waals surface area contributed by atoms with E-state index in [1.165, 1.54) is 59.4 Å². The van der Waals surface area contributed by atoms with E-state index in [1.54, 1.807) is 0 Å². The molecule has 2 nitrogen and oxygen atoms in total. The fourth-order valence-electron chi connectivity index (χ4n) is 8.31. The fourth-order valence-corrected chi connectivity index (χ4v) is 8.31. The van der Waals surface area contributed by atoms with Crippen molar-refractivity contribution in [3.8, 4) is 22.5 Å². The molecule has 11 aromatic rings. The molecule has 0 spiro atoms. The maximum Gasteiger partial charge on any atom is 0.135 e. The molecule has 0 aliphatic carbocycles. The Balaban J connectivity index is 1.06. The van der Waals surface area contributed by atoms with Gasteiger partial charge in [0, 0.05) is 27.7 Å². The van der Waals surface area contributed by atoms with Crippen LogP contribution in [0.15, 0.2) is 205 Å². The van der Waals surface area contributed by atoms with E-state index >= 15 is 0 Å². The van der Waals surface area contributed by atoms with Crippen LogP contribution in [-0.2, 0) is 0 Å². The summed E-state index contributed by atoms with van der Waals surface area (Å²) in [4.78, 5) is 2.44. The largest absolute Gasteiger partial charge is 0.456 e. The minimum atomic E-state index is 0.881. The molecule has 0 aliphatic heterocycles. The lowest BCUT2D eigenvalue weighted by molar-refractivity contribution is 0.631. The third kappa shape index (κ3) is 5.03. The number of hydrogen-bond donors (Lipinski definition) is 0. The third-order valence-electron chi connectivity index (χ3n) is 11.0. The molecule has 0 saturated heterocycles. The molecule has 2 heteroatoms. The zero-order chi connectivity index (χ0) is 35.6. The molecular weight excluding hydrogens is 655 g/mol. The highest BCUT2D eigenvalue weighted by Crippen LogP contribution is 2.44. The summed E-state index contributed by atoms with van der Waals surface area (Å²) in [5, 5.41) is 13.4. The number of nitrogens with zero attached hydrogens (tertiary/aromatic N) is 1. The van der Waals surface area contributed by atoms with Crippen LogP contribution in [0.1, 0.15) is 0 Å². The molecule has 1 heterocycles. The van der Waals surface area contributed by atoms with E-state index in [1.807, 2.05) is 18.2 Å². The van der Waals surface area contributed by atoms with Crippen molar-refractivity contribution in [2.24, 2.45) is 0 Å². The first kappa shape index (κ1) is 30.5. The van der Waals surface area contributed by atoms with Crippen LogP contribution in [0.25, 0.3) is 87.3 Å². The number of fused-ring (bicyclic) bond motifs is 8. The van der Waals surface area contributed by atoms with Gasteiger partial charge in [0.2, 0.25) is 0 Å². The van der Waals surface area contributed by atoms with Gasteiger partial charge >= 0.3 is 0 Å². The summed E-state index contributed by atoms with van der Waals surface area (Å²) in [5.74, 6) is 0.881. The number of rotatable bonds is 5. The van der Waals surface area contributed by atoms with Gasteiger partial charge in [0.05, 0.1) is 5.69 Å². The van der Waals surface area contributed by atoms with Gasteiger partial charge in [-0.2, -0.15) is 0 Å². The van der Waals surface area contributed by atoms with E-state index < -0.39 is 0 Å². The molecule has 0 aliphatic rings. The molecule has 0 bridgehead atoms. The topological polar surface area (TPSA) is 16.4 Å². The number of furan rings is 1. The summed E-state index contributed by atoms with van der Waals surface area (Å²) >= 11 is 0. The first-order valence-electron chi connectivity index (χ1n) is 18.5. The van der Waals surface area contributed by atoms with Crippen LogP contribution >= 0.6 is 0 Å². The van der Waals surface area contributed by atoms with Crippen LogP contribution in [0.2, 0.25) is 0 Å². The van der Waals surface area contributed by atoms with Crippen LogP contribution < -0.4 is 4.90 Å². The Morgan fingerprint density at radius 3 is 1.70 bits per heavy atom. The number of anilines is 3. The monoisotopic (exact) mass is 687 g/mol. The Morgan fingerprint density at radius 1 is 0.296 bits per heavy atom. The van der Waals surface area contributed by atoms with Crippen LogP contribution in [0, 0.1) is 0 Å². The molecule has 0 amide bonds. The first-order valence-corrected chi connectivity index (χ1v) is 18.5. The summed E-state index contributed by atoms with van der Waals surface area (Å²) in [6.07, 6.45) is 0. The molecule has 0 atom stereocenters. The Hall–Kier alpha value is -7.16. The predicted octanol–water partition coefficient (Wildman–Crippen LogP) is 15.0. The smallest absolute Gasteiger partial charge is 0.135 e. The standard InChI is InChI=1S/C52H33NO/c1-4-15-45-34(10-1)20-23-40-31-44(26-27-47(40)45)53(50-32-39-11-2-5-16-46(39)48-17-6-7-18-49(48)50)43-25-24-37-28-36(21-22-38(37)30-43)35-13-9-14-41(29-35)52-33-42-12-3-8-19-51(42)54-52/h1-33H. The quantitative estimate of drug-likeness (QED) is 0.168. The van der Waals surface area contributed by atoms with Gasteiger partial charge in [-0.1, -0.05) is 146 Å². The van der Waals surface area contributed by atoms with Gasteiger partial charge in [0.15, 0.2) is 0 Å². The van der Waals surface area contributed by atoms with E-state index in [4.69, 9.17) is 4.42 Å². The van der Waals surface area contributed by atoms with Crippen LogP contribution in [0.4, 0.5) is 17.1 Å². The zero-order valence-electron chi connectivity index (χ0n) is 29.4. The molecule has 0 fully saturated rings. The molecule has 1 aromatic heterocycles. The lowest BCUT2D eigenvalue weighted by atomic mass is 9.97. The average molecular weight is 688 g/mol. The highest BCUT2D eigenvalue weighted by Gasteiger charge is 2.19. The minimum Gasteiger partial charge on any atom is -0.456 e. The number of benzene rings is 10. The highest BCUT2D eigenvalue weighted by atomic mass is 16.3. The fraction of sp³-hybridized carbons (Fsp3) is 0. The second kappa shape index (κ2) is 12.2. The molecule has 0 N–H and O–H groups in total. The summed E-state index contributed by atoms with van der Waals surface area (Å²) < 4.78 is 6.21. The second-order valence-corrected chi connectivity index (χ2v) is 14.2. The van der Waals surface area contributed by atoms with E-state index in [0.717, 1.165) is 44.9 Å². The summed E-state index contributed by atoms with van der Waals surface area (Å²) in [6.45, 7) is 0. The van der Waals surface area contributed by atoms with Crippen molar-refractivity contribution < 1.29 is 4.42 Å². The van der Waals surface area contributed by atoms with Crippen molar-refractivity contribution in [1.82, 2.24) is 0 Å². The molecule has 54 heavy (non-hydrogen) atoms. The Kier molecular flexibility index (Phi) is 6.90. The van der Waals surface area contributed by atoms with Gasteiger partial charge in [-0.05, 0) is 114 Å². The Labute approximate surface area is 312 Å². The average Bonchev–Trinajstić information content (AvgIpc) is 3.68. The van der Waals surface area contributed by atoms with Crippen molar-refractivity contribution in [2.75, 3.05) is 4.90 Å². The van der Waals surface area contributed by atoms with Crippen molar-refractivity contribution in [2.45, 2.75) is 0 Å². The van der Waals surface area contributed by atoms with Gasteiger partial charge < -0.3 is 9.32 Å². The maximum atomic E-state index is 6.21. The van der Waals surface area contributed by atoms with Crippen molar-refractivity contribution in [3.05, 3.63) is 200 Å². The van der Waals surface area contributed by atoms with Gasteiger partial charge in [0.25, 0.3) is 0 Å². The molecule has 11 rings (SSSR count). The first-order chi connectivity index (χ1) is 26.7. The number of para-hydroxylation sites is 1. The van der Waals surface area contributed by atoms with Crippen LogP contribution in [0.3, 0.4) is 0 Å². The van der Waals surface area contributed by atoms with Gasteiger partial charge in [0.1, 0.15) is 11.3 Å². The molecule has 10 aromatic carbocycles. The third-order valence-corrected chi connectivity index (χ3v) is 11.0. The summed E-state index contributed by atoms with van der Waals surface area (Å²) in [6, 6.07) is 72.5. The highest BCUT2D eigenvalue weighted by molar-refractivity contribution is 6.15. The van der Waals surface area contributed by atoms with Crippen molar-refractivity contribution in [3.63, 3.8) is 0 Å². The van der Waals surface area contributed by atoms with Gasteiger partial charge in [-0.25, -0.2) is 0 Å². The molecule has 252 valence electrons. The predicted molar refractivity (Wildman–Crippen MR) is 229 cm³/mol. The number of hydrogen-bond acceptors (Lipinski definition) is 2. The van der Waals surface area contributed by atoms with Gasteiger partial charge in [-0.15, -0.1) is 0 Å². The minimum absolute atomic E-state index is 0.881. The normalized spacial score (nSPS) is 11.7. The van der Waals surface area contributed by atoms with Crippen LogP contribution in [-0.4, -0.2) is 0 Å². The molecular formula is C52H33NO. The van der Waals surface area contributed by atoms with E-state index in [2.05, 4.69) is 187 Å². The SMILES string of the molecule is c1cc(-c2ccc3cc(N(c4ccc5c(ccc6ccccc65)c4)c4cc5ccccc5c5ccccc45)ccc3c2)cc(-c2cc3ccccc3o2)c1. The molecule has 0 unspecified atom stereocenters. The lowest BCUT2D eigenvalue weighted by Crippen LogP contribution is -2.10. The van der Waals surface area contributed by atoms with E-state index in [-0.39, 0.29) is 0 Å². The second-order valence-electron chi connectivity index (χ2n) is 14.2. The van der Waals surface area contributed by atoms with Gasteiger partial charge in [-0.3, -0.25) is 0 Å². The Bertz CT molecular complexity index is 3210. The lowest BCUT2D eigenvalue weighted by Gasteiger charge is -2.28. The summed E-state index contributed by atoms with van der Waals surface area (Å²) in [5.41, 5.74) is 7.70. The van der Waals surface area contributed by atoms with Crippen molar-refractivity contribution >= 4 is 81.9 Å². The maximum absolute atomic E-state index is 6.21. The van der Waals surface area contributed by atoms with E-state index in [9.17, 15) is 0 Å². The van der Waals surface area contributed by atoms with Crippen LogP contribution in [0.5, 0.6) is 0 Å². The Morgan fingerprint density at radius 2 is 0.852 bits per heavy atom.